The van der Waals surface area contributed by atoms with Crippen LogP contribution in [0.3, 0.4) is 0 Å². The van der Waals surface area contributed by atoms with Crippen LogP contribution in [0.1, 0.15) is 39.9 Å². The van der Waals surface area contributed by atoms with Crippen LogP contribution >= 0.6 is 11.6 Å². The van der Waals surface area contributed by atoms with Gasteiger partial charge in [-0.3, -0.25) is 14.7 Å². The Morgan fingerprint density at radius 3 is 2.10 bits per heavy atom. The fourth-order valence-electron chi connectivity index (χ4n) is 7.73. The number of carboxylic acid groups (broad SMARTS) is 1. The predicted octanol–water partition coefficient (Wildman–Crippen LogP) is 10.0. The van der Waals surface area contributed by atoms with Gasteiger partial charge in [-0.15, -0.1) is 0 Å². The molecule has 3 N–H and O–H groups in total. The zero-order chi connectivity index (χ0) is 48.1. The number of aliphatic hydroxyl groups is 1. The fourth-order valence-corrected chi connectivity index (χ4v) is 7.97. The van der Waals surface area contributed by atoms with E-state index < -0.39 is 23.8 Å². The number of aliphatic carboxylic acids is 1. The third kappa shape index (κ3) is 10.3. The van der Waals surface area contributed by atoms with E-state index in [2.05, 4.69) is 35.6 Å². The molecular formula is C50H42ClF3N8O6. The number of carbonyl (C=O) groups excluding carboxylic acids is 1. The van der Waals surface area contributed by atoms with Crippen molar-refractivity contribution in [2.45, 2.75) is 45.5 Å². The molecule has 18 heteroatoms. The van der Waals surface area contributed by atoms with Crippen molar-refractivity contribution < 1.29 is 42.0 Å². The van der Waals surface area contributed by atoms with E-state index in [1.54, 1.807) is 49.2 Å². The molecule has 4 aromatic heterocycles. The SMILES string of the molecule is Cc1ccccc1-c1ccc(-c2nc(-c3cnc(NCCC(=O)O)c(Cl)c3)no2)cc1Cc1cccc(-c2ccc(-c3nc(-c4ccc(CN(C)C(C=O)CO)nc4)no3)cc2C(F)(F)F)c1C. The molecule has 0 aliphatic heterocycles. The molecule has 0 aliphatic carbocycles. The zero-order valence-corrected chi connectivity index (χ0v) is 37.5. The summed E-state index contributed by atoms with van der Waals surface area (Å²) in [6.45, 7) is 3.91. The molecule has 14 nitrogen and oxygen atoms in total. The second-order valence-electron chi connectivity index (χ2n) is 16.0. The van der Waals surface area contributed by atoms with E-state index in [9.17, 15) is 14.7 Å². The molecule has 1 unspecified atom stereocenters. The van der Waals surface area contributed by atoms with Gasteiger partial charge in [0.05, 0.1) is 35.3 Å². The summed E-state index contributed by atoms with van der Waals surface area (Å²) in [6.07, 6.45) is -0.872. The van der Waals surface area contributed by atoms with Gasteiger partial charge in [0.15, 0.2) is 0 Å². The van der Waals surface area contributed by atoms with Crippen molar-refractivity contribution in [3.63, 3.8) is 0 Å². The summed E-state index contributed by atoms with van der Waals surface area (Å²) in [4.78, 5) is 41.5. The summed E-state index contributed by atoms with van der Waals surface area (Å²) in [6, 6.07) is 27.3. The van der Waals surface area contributed by atoms with Crippen LogP contribution in [-0.2, 0) is 28.7 Å². The topological polar surface area (TPSA) is 193 Å². The largest absolute Gasteiger partial charge is 0.481 e. The molecule has 0 spiro atoms. The van der Waals surface area contributed by atoms with E-state index in [1.807, 2.05) is 55.5 Å². The number of nitrogens with one attached hydrogen (secondary N) is 1. The molecule has 0 amide bonds. The maximum absolute atomic E-state index is 15.0. The van der Waals surface area contributed by atoms with Gasteiger partial charge in [0.25, 0.3) is 11.8 Å². The van der Waals surface area contributed by atoms with Gasteiger partial charge in [-0.2, -0.15) is 23.1 Å². The molecule has 346 valence electrons. The van der Waals surface area contributed by atoms with Crippen molar-refractivity contribution in [3.8, 4) is 67.9 Å². The molecule has 4 aromatic carbocycles. The Hall–Kier alpha value is -7.60. The number of rotatable bonds is 17. The van der Waals surface area contributed by atoms with Gasteiger partial charge in [-0.25, -0.2) is 4.98 Å². The van der Waals surface area contributed by atoms with Crippen molar-refractivity contribution in [2.75, 3.05) is 25.5 Å². The van der Waals surface area contributed by atoms with Gasteiger partial charge >= 0.3 is 12.1 Å². The van der Waals surface area contributed by atoms with Crippen molar-refractivity contribution in [2.24, 2.45) is 0 Å². The van der Waals surface area contributed by atoms with Crippen molar-refractivity contribution in [1.82, 2.24) is 35.1 Å². The quantitative estimate of drug-likeness (QED) is 0.0730. The molecule has 0 radical (unpaired) electrons. The molecule has 0 bridgehead atoms. The van der Waals surface area contributed by atoms with E-state index >= 15 is 13.2 Å². The number of carbonyl (C=O) groups is 2. The Balaban J connectivity index is 1.08. The lowest BCUT2D eigenvalue weighted by Crippen LogP contribution is -2.35. The molecule has 0 saturated carbocycles. The van der Waals surface area contributed by atoms with E-state index in [0.29, 0.717) is 52.0 Å². The van der Waals surface area contributed by atoms with E-state index in [1.165, 1.54) is 24.5 Å². The average Bonchev–Trinajstić information content (AvgIpc) is 4.03. The summed E-state index contributed by atoms with van der Waals surface area (Å²) in [5.41, 5.74) is 6.97. The number of likely N-dealkylation sites (N-methyl/N-ethyl adjacent to an activating group) is 1. The minimum Gasteiger partial charge on any atom is -0.481 e. The Morgan fingerprint density at radius 2 is 1.46 bits per heavy atom. The first kappa shape index (κ1) is 46.9. The first-order chi connectivity index (χ1) is 32.7. The Bertz CT molecular complexity index is 3120. The number of aryl methyl sites for hydroxylation is 1. The van der Waals surface area contributed by atoms with Crippen LogP contribution in [0.2, 0.25) is 5.02 Å². The number of aliphatic hydroxyl groups excluding tert-OH is 1. The second-order valence-corrected chi connectivity index (χ2v) is 16.4. The Labute approximate surface area is 392 Å². The van der Waals surface area contributed by atoms with Crippen LogP contribution in [0.15, 0.2) is 119 Å². The zero-order valence-electron chi connectivity index (χ0n) is 36.8. The number of anilines is 1. The molecule has 0 fully saturated rings. The maximum Gasteiger partial charge on any atom is 0.417 e. The summed E-state index contributed by atoms with van der Waals surface area (Å²) < 4.78 is 56.3. The fraction of sp³-hybridized carbons (Fsp3) is 0.200. The second kappa shape index (κ2) is 20.1. The normalized spacial score (nSPS) is 12.1. The summed E-state index contributed by atoms with van der Waals surface area (Å²) >= 11 is 6.44. The monoisotopic (exact) mass is 942 g/mol. The van der Waals surface area contributed by atoms with E-state index in [-0.39, 0.29) is 65.7 Å². The molecule has 4 heterocycles. The predicted molar refractivity (Wildman–Crippen MR) is 248 cm³/mol. The highest BCUT2D eigenvalue weighted by atomic mass is 35.5. The third-order valence-corrected chi connectivity index (χ3v) is 11.8. The third-order valence-electron chi connectivity index (χ3n) is 11.5. The average molecular weight is 943 g/mol. The lowest BCUT2D eigenvalue weighted by Gasteiger charge is -2.20. The number of benzene rings is 4. The summed E-state index contributed by atoms with van der Waals surface area (Å²) in [5, 5.41) is 29.7. The van der Waals surface area contributed by atoms with Gasteiger partial charge in [0, 0.05) is 47.7 Å². The van der Waals surface area contributed by atoms with Crippen molar-refractivity contribution in [1.29, 1.82) is 0 Å². The highest BCUT2D eigenvalue weighted by Crippen LogP contribution is 2.42. The number of halogens is 4. The van der Waals surface area contributed by atoms with Crippen molar-refractivity contribution >= 4 is 29.7 Å². The minimum absolute atomic E-state index is 0.0203. The molecule has 8 rings (SSSR count). The van der Waals surface area contributed by atoms with E-state index in [4.69, 9.17) is 25.8 Å². The highest BCUT2D eigenvalue weighted by Gasteiger charge is 2.35. The summed E-state index contributed by atoms with van der Waals surface area (Å²) in [5.74, 6) is -0.185. The van der Waals surface area contributed by atoms with Crippen LogP contribution in [0.5, 0.6) is 0 Å². The van der Waals surface area contributed by atoms with E-state index in [0.717, 1.165) is 33.9 Å². The number of pyridine rings is 2. The van der Waals surface area contributed by atoms with Crippen LogP contribution in [-0.4, -0.2) is 83.9 Å². The lowest BCUT2D eigenvalue weighted by atomic mass is 9.87. The minimum atomic E-state index is -4.75. The number of carboxylic acids is 1. The Morgan fingerprint density at radius 1 is 0.794 bits per heavy atom. The lowest BCUT2D eigenvalue weighted by molar-refractivity contribution is -0.137. The Kier molecular flexibility index (Phi) is 13.9. The molecular weight excluding hydrogens is 901 g/mol. The van der Waals surface area contributed by atoms with Gasteiger partial charge < -0.3 is 29.4 Å². The molecule has 68 heavy (non-hydrogen) atoms. The first-order valence-electron chi connectivity index (χ1n) is 21.2. The summed E-state index contributed by atoms with van der Waals surface area (Å²) in [7, 11) is 1.68. The van der Waals surface area contributed by atoms with Gasteiger partial charge in [-0.1, -0.05) is 76.5 Å². The standard InChI is InChI=1S/C50H42ClF3N8O6/c1-28-7-4-5-9-38(28)40-15-12-31(48-59-46(61-67-48)35-22-43(51)47(57-24-35)55-18-17-44(65)66)20-34(40)19-30-8-6-10-39(29(30)2)41-16-13-32(21-42(41)50(52,53)54)49-58-45(60-68-49)33-11-14-36(56-23-33)25-62(3)37(26-63)27-64/h4-16,20-24,26,37,64H,17-19,25,27H2,1-3H3,(H,55,57)(H,65,66). The smallest absolute Gasteiger partial charge is 0.417 e. The van der Waals surface area contributed by atoms with Crippen LogP contribution in [0.25, 0.3) is 67.9 Å². The van der Waals surface area contributed by atoms with Crippen LogP contribution in [0, 0.1) is 13.8 Å². The van der Waals surface area contributed by atoms with Crippen molar-refractivity contribution in [3.05, 3.63) is 148 Å². The number of hydrogen-bond donors (Lipinski definition) is 3. The number of alkyl halides is 3. The number of hydrogen-bond acceptors (Lipinski definition) is 13. The number of aldehydes is 1. The van der Waals surface area contributed by atoms with Gasteiger partial charge in [0.1, 0.15) is 12.1 Å². The maximum atomic E-state index is 15.0. The molecule has 0 aliphatic rings. The molecule has 8 aromatic rings. The highest BCUT2D eigenvalue weighted by molar-refractivity contribution is 6.33. The molecule has 0 saturated heterocycles. The number of nitrogens with zero attached hydrogens (tertiary/aromatic N) is 7. The van der Waals surface area contributed by atoms with Crippen LogP contribution in [0.4, 0.5) is 19.0 Å². The van der Waals surface area contributed by atoms with Gasteiger partial charge in [0.2, 0.25) is 11.6 Å². The first-order valence-corrected chi connectivity index (χ1v) is 21.6. The number of aromatic nitrogens is 6. The van der Waals surface area contributed by atoms with Gasteiger partial charge in [-0.05, 0) is 114 Å². The van der Waals surface area contributed by atoms with Crippen LogP contribution < -0.4 is 5.32 Å². The molecule has 1 atom stereocenters.